The molecule has 2 aromatic carbocycles. The van der Waals surface area contributed by atoms with Crippen LogP contribution in [0.3, 0.4) is 0 Å². The standard InChI is InChI=1S/C22H21FN2OS/c23-19-6-8-21(9-7-19)26-15-22-24-20(16-27-22)14-25-12-10-18(11-13-25)17-4-2-1-3-5-17/h1-10,16H,11-15H2/p+1. The van der Waals surface area contributed by atoms with Crippen LogP contribution in [0.5, 0.6) is 5.75 Å². The zero-order valence-corrected chi connectivity index (χ0v) is 15.8. The van der Waals surface area contributed by atoms with Gasteiger partial charge in [-0.25, -0.2) is 9.37 Å². The second-order valence-corrected chi connectivity index (χ2v) is 7.64. The molecule has 1 N–H and O–H groups in total. The summed E-state index contributed by atoms with van der Waals surface area (Å²) < 4.78 is 18.6. The number of hydrogen-bond acceptors (Lipinski definition) is 3. The molecule has 0 saturated carbocycles. The molecule has 0 aliphatic carbocycles. The molecule has 0 radical (unpaired) electrons. The van der Waals surface area contributed by atoms with Crippen LogP contribution in [0.1, 0.15) is 22.7 Å². The minimum Gasteiger partial charge on any atom is -0.486 e. The van der Waals surface area contributed by atoms with Gasteiger partial charge in [-0.15, -0.1) is 11.3 Å². The van der Waals surface area contributed by atoms with E-state index < -0.39 is 0 Å². The van der Waals surface area contributed by atoms with Crippen molar-refractivity contribution in [1.29, 1.82) is 0 Å². The molecule has 0 amide bonds. The van der Waals surface area contributed by atoms with Crippen molar-refractivity contribution in [3.05, 3.63) is 88.1 Å². The fourth-order valence-electron chi connectivity index (χ4n) is 3.29. The zero-order chi connectivity index (χ0) is 18.5. The van der Waals surface area contributed by atoms with Gasteiger partial charge in [-0.1, -0.05) is 30.3 Å². The van der Waals surface area contributed by atoms with Crippen molar-refractivity contribution in [2.75, 3.05) is 13.1 Å². The minimum absolute atomic E-state index is 0.257. The van der Waals surface area contributed by atoms with Crippen LogP contribution in [0.2, 0.25) is 0 Å². The van der Waals surface area contributed by atoms with Crippen molar-refractivity contribution in [2.45, 2.75) is 19.6 Å². The Bertz CT molecular complexity index is 906. The van der Waals surface area contributed by atoms with E-state index >= 15 is 0 Å². The van der Waals surface area contributed by atoms with Gasteiger partial charge in [0.05, 0.1) is 13.1 Å². The normalized spacial score (nSPS) is 16.8. The second-order valence-electron chi connectivity index (χ2n) is 6.70. The highest BCUT2D eigenvalue weighted by molar-refractivity contribution is 7.09. The van der Waals surface area contributed by atoms with Crippen LogP contribution in [-0.4, -0.2) is 18.1 Å². The lowest BCUT2D eigenvalue weighted by Crippen LogP contribution is -3.11. The van der Waals surface area contributed by atoms with Gasteiger partial charge < -0.3 is 9.64 Å². The van der Waals surface area contributed by atoms with E-state index in [0.29, 0.717) is 12.4 Å². The first-order valence-corrected chi connectivity index (χ1v) is 10.0. The maximum atomic E-state index is 12.9. The highest BCUT2D eigenvalue weighted by Crippen LogP contribution is 2.18. The molecule has 27 heavy (non-hydrogen) atoms. The second kappa shape index (κ2) is 8.46. The molecule has 0 fully saturated rings. The number of benzene rings is 2. The lowest BCUT2D eigenvalue weighted by atomic mass is 9.99. The number of thiazole rings is 1. The molecule has 1 aliphatic heterocycles. The van der Waals surface area contributed by atoms with E-state index in [1.807, 2.05) is 0 Å². The summed E-state index contributed by atoms with van der Waals surface area (Å²) in [4.78, 5) is 6.23. The summed E-state index contributed by atoms with van der Waals surface area (Å²) in [5.74, 6) is 0.404. The fourth-order valence-corrected chi connectivity index (χ4v) is 3.99. The summed E-state index contributed by atoms with van der Waals surface area (Å²) >= 11 is 1.62. The Morgan fingerprint density at radius 3 is 2.63 bits per heavy atom. The molecule has 0 bridgehead atoms. The maximum Gasteiger partial charge on any atom is 0.140 e. The van der Waals surface area contributed by atoms with Crippen molar-refractivity contribution < 1.29 is 14.0 Å². The molecular formula is C22H22FN2OS+. The molecule has 3 nitrogen and oxygen atoms in total. The monoisotopic (exact) mass is 381 g/mol. The Morgan fingerprint density at radius 1 is 1.07 bits per heavy atom. The third kappa shape index (κ3) is 4.81. The topological polar surface area (TPSA) is 26.6 Å². The van der Waals surface area contributed by atoms with Crippen molar-refractivity contribution in [3.63, 3.8) is 0 Å². The van der Waals surface area contributed by atoms with Crippen LogP contribution >= 0.6 is 11.3 Å². The van der Waals surface area contributed by atoms with E-state index in [2.05, 4.69) is 41.8 Å². The van der Waals surface area contributed by atoms with E-state index in [1.165, 1.54) is 28.2 Å². The summed E-state index contributed by atoms with van der Waals surface area (Å²) in [6.07, 6.45) is 3.46. The molecule has 1 unspecified atom stereocenters. The number of nitrogens with zero attached hydrogens (tertiary/aromatic N) is 1. The average molecular weight is 381 g/mol. The zero-order valence-electron chi connectivity index (χ0n) is 15.0. The highest BCUT2D eigenvalue weighted by atomic mass is 32.1. The number of nitrogens with one attached hydrogen (secondary N) is 1. The van der Waals surface area contributed by atoms with Crippen LogP contribution in [0.15, 0.2) is 66.1 Å². The number of halogens is 1. The number of ether oxygens (including phenoxy) is 1. The molecular weight excluding hydrogens is 359 g/mol. The predicted molar refractivity (Wildman–Crippen MR) is 106 cm³/mol. The summed E-state index contributed by atoms with van der Waals surface area (Å²) in [6, 6.07) is 16.7. The highest BCUT2D eigenvalue weighted by Gasteiger charge is 2.17. The van der Waals surface area contributed by atoms with E-state index in [-0.39, 0.29) is 5.82 Å². The summed E-state index contributed by atoms with van der Waals surface area (Å²) in [6.45, 7) is 3.51. The van der Waals surface area contributed by atoms with Crippen LogP contribution in [0.25, 0.3) is 5.57 Å². The first kappa shape index (κ1) is 17.9. The number of rotatable bonds is 6. The molecule has 1 aromatic heterocycles. The van der Waals surface area contributed by atoms with Gasteiger partial charge >= 0.3 is 0 Å². The first-order chi connectivity index (χ1) is 13.3. The van der Waals surface area contributed by atoms with Crippen LogP contribution in [0, 0.1) is 5.82 Å². The van der Waals surface area contributed by atoms with Crippen molar-refractivity contribution >= 4 is 16.9 Å². The van der Waals surface area contributed by atoms with Gasteiger partial charge in [-0.05, 0) is 41.5 Å². The van der Waals surface area contributed by atoms with Gasteiger partial charge in [0.2, 0.25) is 0 Å². The minimum atomic E-state index is -0.257. The van der Waals surface area contributed by atoms with Gasteiger partial charge in [0, 0.05) is 11.8 Å². The number of aromatic nitrogens is 1. The van der Waals surface area contributed by atoms with Crippen molar-refractivity contribution in [3.8, 4) is 5.75 Å². The van der Waals surface area contributed by atoms with Gasteiger partial charge in [-0.3, -0.25) is 0 Å². The smallest absolute Gasteiger partial charge is 0.140 e. The first-order valence-electron chi connectivity index (χ1n) is 9.16. The van der Waals surface area contributed by atoms with Crippen LogP contribution in [-0.2, 0) is 13.2 Å². The Labute approximate surface area is 162 Å². The number of quaternary nitrogens is 1. The lowest BCUT2D eigenvalue weighted by molar-refractivity contribution is -0.909. The lowest BCUT2D eigenvalue weighted by Gasteiger charge is -2.23. The SMILES string of the molecule is Fc1ccc(OCc2nc(C[NH+]3CC=C(c4ccccc4)CC3)cs2)cc1. The third-order valence-electron chi connectivity index (χ3n) is 4.74. The van der Waals surface area contributed by atoms with Crippen LogP contribution < -0.4 is 9.64 Å². The van der Waals surface area contributed by atoms with Crippen molar-refractivity contribution in [1.82, 2.24) is 4.98 Å². The van der Waals surface area contributed by atoms with Gasteiger partial charge in [0.25, 0.3) is 0 Å². The molecule has 0 saturated heterocycles. The molecule has 4 rings (SSSR count). The quantitative estimate of drug-likeness (QED) is 0.704. The van der Waals surface area contributed by atoms with Crippen molar-refractivity contribution in [2.24, 2.45) is 0 Å². The molecule has 138 valence electrons. The van der Waals surface area contributed by atoms with E-state index in [4.69, 9.17) is 9.72 Å². The predicted octanol–water partition coefficient (Wildman–Crippen LogP) is 3.73. The largest absolute Gasteiger partial charge is 0.486 e. The van der Waals surface area contributed by atoms with E-state index in [1.54, 1.807) is 23.5 Å². The Hall–Kier alpha value is -2.50. The molecule has 1 atom stereocenters. The third-order valence-corrected chi connectivity index (χ3v) is 5.61. The maximum absolute atomic E-state index is 12.9. The van der Waals surface area contributed by atoms with Crippen LogP contribution in [0.4, 0.5) is 4.39 Å². The number of hydrogen-bond donors (Lipinski definition) is 1. The summed E-state index contributed by atoms with van der Waals surface area (Å²) in [7, 11) is 0. The van der Waals surface area contributed by atoms with Gasteiger partial charge in [0.1, 0.15) is 35.4 Å². The van der Waals surface area contributed by atoms with E-state index in [0.717, 1.165) is 36.8 Å². The molecule has 5 heteroatoms. The molecule has 3 aromatic rings. The Morgan fingerprint density at radius 2 is 1.89 bits per heavy atom. The molecule has 2 heterocycles. The summed E-state index contributed by atoms with van der Waals surface area (Å²) in [5, 5.41) is 3.07. The fraction of sp³-hybridized carbons (Fsp3) is 0.227. The molecule has 0 spiro atoms. The van der Waals surface area contributed by atoms with E-state index in [9.17, 15) is 4.39 Å². The van der Waals surface area contributed by atoms with Gasteiger partial charge in [-0.2, -0.15) is 0 Å². The molecule has 1 aliphatic rings. The Balaban J connectivity index is 1.29. The average Bonchev–Trinajstić information content (AvgIpc) is 3.16. The van der Waals surface area contributed by atoms with Gasteiger partial charge in [0.15, 0.2) is 0 Å². The summed E-state index contributed by atoms with van der Waals surface area (Å²) in [5.41, 5.74) is 3.90. The Kier molecular flexibility index (Phi) is 5.61.